The molecule has 0 unspecified atom stereocenters. The summed E-state index contributed by atoms with van der Waals surface area (Å²) < 4.78 is 0. The lowest BCUT2D eigenvalue weighted by molar-refractivity contribution is -0.115. The summed E-state index contributed by atoms with van der Waals surface area (Å²) in [5, 5.41) is 11.6. The minimum atomic E-state index is -0.149. The van der Waals surface area contributed by atoms with Crippen molar-refractivity contribution in [3.63, 3.8) is 0 Å². The first-order chi connectivity index (χ1) is 9.12. The molecule has 19 heavy (non-hydrogen) atoms. The number of carbonyl (C=O) groups is 2. The zero-order valence-corrected chi connectivity index (χ0v) is 11.3. The molecule has 1 rings (SSSR count). The van der Waals surface area contributed by atoms with Gasteiger partial charge in [-0.1, -0.05) is 13.0 Å². The highest BCUT2D eigenvalue weighted by Crippen LogP contribution is 2.13. The minimum Gasteiger partial charge on any atom is -0.395 e. The van der Waals surface area contributed by atoms with Gasteiger partial charge in [0.1, 0.15) is 0 Å². The first-order valence-corrected chi connectivity index (χ1v) is 6.42. The molecule has 5 heteroatoms. The molecule has 0 aliphatic heterocycles. The van der Waals surface area contributed by atoms with Gasteiger partial charge in [0.15, 0.2) is 0 Å². The van der Waals surface area contributed by atoms with Gasteiger partial charge in [-0.2, -0.15) is 0 Å². The Morgan fingerprint density at radius 2 is 2.05 bits per heavy atom. The van der Waals surface area contributed by atoms with Crippen molar-refractivity contribution in [2.24, 2.45) is 0 Å². The van der Waals surface area contributed by atoms with Crippen LogP contribution in [0.15, 0.2) is 24.3 Å². The van der Waals surface area contributed by atoms with Gasteiger partial charge in [0.2, 0.25) is 5.91 Å². The highest BCUT2D eigenvalue weighted by molar-refractivity contribution is 5.97. The molecule has 1 aromatic carbocycles. The van der Waals surface area contributed by atoms with E-state index in [0.29, 0.717) is 30.8 Å². The van der Waals surface area contributed by atoms with Gasteiger partial charge in [-0.15, -0.1) is 0 Å². The molecule has 0 bridgehead atoms. The third kappa shape index (κ3) is 4.37. The van der Waals surface area contributed by atoms with E-state index in [4.69, 9.17) is 5.11 Å². The lowest BCUT2D eigenvalue weighted by atomic mass is 10.1. The molecule has 2 amide bonds. The summed E-state index contributed by atoms with van der Waals surface area (Å²) in [6, 6.07) is 6.82. The van der Waals surface area contributed by atoms with Crippen molar-refractivity contribution in [2.45, 2.75) is 20.3 Å². The molecule has 0 aliphatic rings. The molecule has 0 heterocycles. The van der Waals surface area contributed by atoms with Gasteiger partial charge in [0.25, 0.3) is 5.91 Å². The Labute approximate surface area is 113 Å². The van der Waals surface area contributed by atoms with Crippen LogP contribution >= 0.6 is 0 Å². The van der Waals surface area contributed by atoms with Crippen molar-refractivity contribution in [3.05, 3.63) is 29.8 Å². The van der Waals surface area contributed by atoms with Crippen LogP contribution in [0.3, 0.4) is 0 Å². The maximum atomic E-state index is 12.2. The fourth-order valence-corrected chi connectivity index (χ4v) is 1.69. The number of hydrogen-bond acceptors (Lipinski definition) is 3. The third-order valence-corrected chi connectivity index (χ3v) is 2.75. The van der Waals surface area contributed by atoms with Gasteiger partial charge in [-0.3, -0.25) is 9.59 Å². The summed E-state index contributed by atoms with van der Waals surface area (Å²) >= 11 is 0. The molecule has 2 N–H and O–H groups in total. The predicted molar refractivity (Wildman–Crippen MR) is 74.0 cm³/mol. The van der Waals surface area contributed by atoms with E-state index in [1.165, 1.54) is 0 Å². The van der Waals surface area contributed by atoms with E-state index in [1.807, 2.05) is 6.92 Å². The van der Waals surface area contributed by atoms with Crippen molar-refractivity contribution in [1.82, 2.24) is 4.90 Å². The van der Waals surface area contributed by atoms with Crippen LogP contribution in [0.5, 0.6) is 0 Å². The van der Waals surface area contributed by atoms with Crippen LogP contribution in [-0.4, -0.2) is 41.5 Å². The highest BCUT2D eigenvalue weighted by atomic mass is 16.3. The first kappa shape index (κ1) is 15.2. The van der Waals surface area contributed by atoms with Crippen molar-refractivity contribution >= 4 is 17.5 Å². The summed E-state index contributed by atoms with van der Waals surface area (Å²) in [5.41, 5.74) is 1.11. The average Bonchev–Trinajstić information content (AvgIpc) is 2.44. The quantitative estimate of drug-likeness (QED) is 0.818. The molecule has 1 aromatic rings. The zero-order valence-electron chi connectivity index (χ0n) is 11.3. The van der Waals surface area contributed by atoms with E-state index < -0.39 is 0 Å². The molecule has 0 spiro atoms. The molecule has 0 saturated carbocycles. The Hall–Kier alpha value is -1.88. The molecule has 5 nitrogen and oxygen atoms in total. The van der Waals surface area contributed by atoms with Crippen LogP contribution in [0.25, 0.3) is 0 Å². The van der Waals surface area contributed by atoms with Crippen LogP contribution in [0.2, 0.25) is 0 Å². The number of rotatable bonds is 6. The normalized spacial score (nSPS) is 10.1. The summed E-state index contributed by atoms with van der Waals surface area (Å²) in [6.07, 6.45) is 0.393. The summed E-state index contributed by atoms with van der Waals surface area (Å²) in [7, 11) is 0. The molecular weight excluding hydrogens is 244 g/mol. The number of nitrogens with one attached hydrogen (secondary N) is 1. The fraction of sp³-hybridized carbons (Fsp3) is 0.429. The van der Waals surface area contributed by atoms with Crippen LogP contribution < -0.4 is 5.32 Å². The Balaban J connectivity index is 2.85. The molecule has 104 valence electrons. The third-order valence-electron chi connectivity index (χ3n) is 2.75. The molecule has 0 aliphatic carbocycles. The van der Waals surface area contributed by atoms with Crippen molar-refractivity contribution in [1.29, 1.82) is 0 Å². The van der Waals surface area contributed by atoms with E-state index in [1.54, 1.807) is 36.1 Å². The van der Waals surface area contributed by atoms with Crippen LogP contribution in [0, 0.1) is 0 Å². The van der Waals surface area contributed by atoms with E-state index in [-0.39, 0.29) is 18.4 Å². The van der Waals surface area contributed by atoms with Crippen molar-refractivity contribution in [3.8, 4) is 0 Å². The van der Waals surface area contributed by atoms with Crippen LogP contribution in [-0.2, 0) is 4.79 Å². The van der Waals surface area contributed by atoms with Gasteiger partial charge in [0, 0.05) is 30.8 Å². The highest BCUT2D eigenvalue weighted by Gasteiger charge is 2.14. The molecule has 0 saturated heterocycles. The van der Waals surface area contributed by atoms with Crippen molar-refractivity contribution in [2.75, 3.05) is 25.0 Å². The average molecular weight is 264 g/mol. The Morgan fingerprint density at radius 3 is 2.63 bits per heavy atom. The largest absolute Gasteiger partial charge is 0.395 e. The molecular formula is C14H20N2O3. The second-order valence-electron chi connectivity index (χ2n) is 4.09. The number of amides is 2. The Morgan fingerprint density at radius 1 is 1.32 bits per heavy atom. The molecule has 0 atom stereocenters. The number of nitrogens with zero attached hydrogens (tertiary/aromatic N) is 1. The standard InChI is InChI=1S/C14H20N2O3/c1-3-13(18)15-12-7-5-6-11(10-12)14(19)16(4-2)8-9-17/h5-7,10,17H,3-4,8-9H2,1-2H3,(H,15,18). The van der Waals surface area contributed by atoms with Gasteiger partial charge in [0.05, 0.1) is 6.61 Å². The second-order valence-corrected chi connectivity index (χ2v) is 4.09. The second kappa shape index (κ2) is 7.53. The SMILES string of the molecule is CCC(=O)Nc1cccc(C(=O)N(CC)CCO)c1. The number of aliphatic hydroxyl groups excluding tert-OH is 1. The summed E-state index contributed by atoms with van der Waals surface area (Å²) in [5.74, 6) is -0.239. The smallest absolute Gasteiger partial charge is 0.253 e. The molecule has 0 aromatic heterocycles. The van der Waals surface area contributed by atoms with Crippen molar-refractivity contribution < 1.29 is 14.7 Å². The summed E-state index contributed by atoms with van der Waals surface area (Å²) in [4.78, 5) is 25.0. The zero-order chi connectivity index (χ0) is 14.3. The Bertz CT molecular complexity index is 446. The summed E-state index contributed by atoms with van der Waals surface area (Å²) in [6.45, 7) is 4.40. The lowest BCUT2D eigenvalue weighted by Crippen LogP contribution is -2.33. The number of anilines is 1. The van der Waals surface area contributed by atoms with Gasteiger partial charge >= 0.3 is 0 Å². The maximum absolute atomic E-state index is 12.2. The lowest BCUT2D eigenvalue weighted by Gasteiger charge is -2.20. The number of hydrogen-bond donors (Lipinski definition) is 2. The van der Waals surface area contributed by atoms with E-state index >= 15 is 0 Å². The first-order valence-electron chi connectivity index (χ1n) is 6.42. The monoisotopic (exact) mass is 264 g/mol. The minimum absolute atomic E-state index is 0.0636. The predicted octanol–water partition coefficient (Wildman–Crippen LogP) is 1.49. The van der Waals surface area contributed by atoms with Gasteiger partial charge < -0.3 is 15.3 Å². The maximum Gasteiger partial charge on any atom is 0.253 e. The van der Waals surface area contributed by atoms with Gasteiger partial charge in [-0.05, 0) is 25.1 Å². The molecule has 0 fully saturated rings. The molecule has 0 radical (unpaired) electrons. The van der Waals surface area contributed by atoms with Crippen LogP contribution in [0.4, 0.5) is 5.69 Å². The topological polar surface area (TPSA) is 69.6 Å². The van der Waals surface area contributed by atoms with E-state index in [2.05, 4.69) is 5.32 Å². The number of benzene rings is 1. The van der Waals surface area contributed by atoms with E-state index in [0.717, 1.165) is 0 Å². The fourth-order valence-electron chi connectivity index (χ4n) is 1.69. The number of carbonyl (C=O) groups excluding carboxylic acids is 2. The Kier molecular flexibility index (Phi) is 6.02. The number of likely N-dealkylation sites (N-methyl/N-ethyl adjacent to an activating group) is 1. The van der Waals surface area contributed by atoms with Crippen LogP contribution in [0.1, 0.15) is 30.6 Å². The number of aliphatic hydroxyl groups is 1. The van der Waals surface area contributed by atoms with Gasteiger partial charge in [-0.25, -0.2) is 0 Å². The van der Waals surface area contributed by atoms with E-state index in [9.17, 15) is 9.59 Å².